The maximum Gasteiger partial charge on any atom is 0.280 e. The Labute approximate surface area is 170 Å². The van der Waals surface area contributed by atoms with E-state index in [0.717, 1.165) is 4.68 Å². The molecule has 0 saturated heterocycles. The minimum Gasteiger partial charge on any atom is -0.505 e. The standard InChI is InChI=1S/C20H20ClFN4O3/c1-10(2)24-8-11(3)26-15-7-23-25(9-12-4-5-14(22)13(21)6-12)19(28)16(15)18(27)17(26)20(24)29/h4-7,10-11,27H,8-9H2,1-3H3/t11-/m0/s1. The number of aromatic nitrogens is 3. The van der Waals surface area contributed by atoms with Gasteiger partial charge < -0.3 is 14.6 Å². The monoisotopic (exact) mass is 418 g/mol. The van der Waals surface area contributed by atoms with Crippen molar-refractivity contribution in [3.05, 3.63) is 56.8 Å². The van der Waals surface area contributed by atoms with E-state index >= 15 is 0 Å². The molecular weight excluding hydrogens is 399 g/mol. The number of nitrogens with zero attached hydrogens (tertiary/aromatic N) is 4. The fraction of sp³-hybridized carbons (Fsp3) is 0.350. The van der Waals surface area contributed by atoms with E-state index in [2.05, 4.69) is 5.10 Å². The summed E-state index contributed by atoms with van der Waals surface area (Å²) in [4.78, 5) is 27.6. The highest BCUT2D eigenvalue weighted by atomic mass is 35.5. The topological polar surface area (TPSA) is 80.4 Å². The predicted molar refractivity (Wildman–Crippen MR) is 107 cm³/mol. The minimum atomic E-state index is -0.550. The van der Waals surface area contributed by atoms with E-state index in [1.807, 2.05) is 20.8 Å². The fourth-order valence-corrected chi connectivity index (χ4v) is 4.06. The molecule has 0 unspecified atom stereocenters. The summed E-state index contributed by atoms with van der Waals surface area (Å²) >= 11 is 5.81. The lowest BCUT2D eigenvalue weighted by atomic mass is 10.1. The van der Waals surface area contributed by atoms with E-state index in [1.54, 1.807) is 9.47 Å². The first-order valence-electron chi connectivity index (χ1n) is 9.28. The molecule has 3 aromatic rings. The van der Waals surface area contributed by atoms with Gasteiger partial charge in [0, 0.05) is 18.6 Å². The highest BCUT2D eigenvalue weighted by Crippen LogP contribution is 2.36. The average molecular weight is 419 g/mol. The number of aromatic hydroxyl groups is 1. The molecule has 4 rings (SSSR count). The van der Waals surface area contributed by atoms with Crippen LogP contribution in [-0.4, -0.2) is 42.8 Å². The third kappa shape index (κ3) is 2.98. The Morgan fingerprint density at radius 2 is 2.07 bits per heavy atom. The first-order chi connectivity index (χ1) is 13.7. The Morgan fingerprint density at radius 3 is 2.72 bits per heavy atom. The van der Waals surface area contributed by atoms with Gasteiger partial charge in [0.05, 0.1) is 23.3 Å². The highest BCUT2D eigenvalue weighted by Gasteiger charge is 2.36. The van der Waals surface area contributed by atoms with Crippen LogP contribution in [0.25, 0.3) is 10.9 Å². The summed E-state index contributed by atoms with van der Waals surface area (Å²) < 4.78 is 16.2. The van der Waals surface area contributed by atoms with Gasteiger partial charge in [0.1, 0.15) is 11.2 Å². The molecule has 1 aliphatic rings. The van der Waals surface area contributed by atoms with Gasteiger partial charge in [0.25, 0.3) is 11.5 Å². The molecule has 0 radical (unpaired) electrons. The van der Waals surface area contributed by atoms with Crippen LogP contribution in [0.15, 0.2) is 29.2 Å². The normalized spacial score (nSPS) is 16.7. The van der Waals surface area contributed by atoms with Crippen molar-refractivity contribution in [2.45, 2.75) is 39.4 Å². The van der Waals surface area contributed by atoms with Crippen LogP contribution in [0, 0.1) is 5.82 Å². The van der Waals surface area contributed by atoms with Crippen molar-refractivity contribution in [2.75, 3.05) is 6.54 Å². The van der Waals surface area contributed by atoms with Crippen molar-refractivity contribution >= 4 is 28.4 Å². The summed E-state index contributed by atoms with van der Waals surface area (Å²) in [6.45, 7) is 6.27. The number of hydrogen-bond acceptors (Lipinski definition) is 4. The number of fused-ring (bicyclic) bond motifs is 3. The molecule has 1 amide bonds. The smallest absolute Gasteiger partial charge is 0.280 e. The minimum absolute atomic E-state index is 0.0332. The van der Waals surface area contributed by atoms with E-state index in [1.165, 1.54) is 24.4 Å². The Morgan fingerprint density at radius 1 is 1.34 bits per heavy atom. The molecule has 1 N–H and O–H groups in total. The predicted octanol–water partition coefficient (Wildman–Crippen LogP) is 3.17. The number of hydrogen-bond donors (Lipinski definition) is 1. The van der Waals surface area contributed by atoms with E-state index < -0.39 is 11.4 Å². The number of carbonyl (C=O) groups excluding carboxylic acids is 1. The van der Waals surface area contributed by atoms with E-state index in [0.29, 0.717) is 17.6 Å². The van der Waals surface area contributed by atoms with E-state index in [4.69, 9.17) is 11.6 Å². The Bertz CT molecular complexity index is 1200. The summed E-state index contributed by atoms with van der Waals surface area (Å²) in [5.74, 6) is -1.20. The second kappa shape index (κ2) is 6.88. The van der Waals surface area contributed by atoms with Crippen LogP contribution in [0.5, 0.6) is 5.75 Å². The summed E-state index contributed by atoms with van der Waals surface area (Å²) in [5, 5.41) is 15.0. The van der Waals surface area contributed by atoms with Gasteiger partial charge in [-0.3, -0.25) is 9.59 Å². The second-order valence-electron chi connectivity index (χ2n) is 7.58. The summed E-state index contributed by atoms with van der Waals surface area (Å²) in [5.41, 5.74) is 0.580. The molecule has 3 heterocycles. The molecule has 2 aromatic heterocycles. The lowest BCUT2D eigenvalue weighted by Crippen LogP contribution is -2.45. The fourth-order valence-electron chi connectivity index (χ4n) is 3.85. The maximum atomic E-state index is 13.4. The zero-order valence-corrected chi connectivity index (χ0v) is 16.9. The Hall–Kier alpha value is -2.87. The molecule has 1 aromatic carbocycles. The van der Waals surface area contributed by atoms with Gasteiger partial charge in [0.15, 0.2) is 11.4 Å². The lowest BCUT2D eigenvalue weighted by molar-refractivity contribution is 0.0616. The van der Waals surface area contributed by atoms with E-state index in [9.17, 15) is 19.1 Å². The third-order valence-corrected chi connectivity index (χ3v) is 5.58. The largest absolute Gasteiger partial charge is 0.505 e. The third-order valence-electron chi connectivity index (χ3n) is 5.29. The van der Waals surface area contributed by atoms with Crippen LogP contribution in [-0.2, 0) is 6.54 Å². The highest BCUT2D eigenvalue weighted by molar-refractivity contribution is 6.30. The molecule has 0 aliphatic carbocycles. The van der Waals surface area contributed by atoms with Crippen LogP contribution < -0.4 is 5.56 Å². The van der Waals surface area contributed by atoms with Crippen molar-refractivity contribution in [2.24, 2.45) is 0 Å². The van der Waals surface area contributed by atoms with Crippen molar-refractivity contribution in [3.63, 3.8) is 0 Å². The lowest BCUT2D eigenvalue weighted by Gasteiger charge is -2.35. The van der Waals surface area contributed by atoms with Crippen molar-refractivity contribution in [1.82, 2.24) is 19.2 Å². The molecule has 7 nitrogen and oxygen atoms in total. The van der Waals surface area contributed by atoms with Crippen molar-refractivity contribution in [3.8, 4) is 5.75 Å². The molecule has 0 spiro atoms. The van der Waals surface area contributed by atoms with Gasteiger partial charge >= 0.3 is 0 Å². The van der Waals surface area contributed by atoms with Gasteiger partial charge in [-0.25, -0.2) is 9.07 Å². The Balaban J connectivity index is 1.86. The van der Waals surface area contributed by atoms with Gasteiger partial charge in [-0.1, -0.05) is 17.7 Å². The average Bonchev–Trinajstić information content (AvgIpc) is 2.97. The SMILES string of the molecule is CC(C)N1C[C@H](C)n2c(c(O)c3c(=O)n(Cc4ccc(F)c(Cl)c4)ncc32)C1=O. The number of amides is 1. The number of rotatable bonds is 3. The summed E-state index contributed by atoms with van der Waals surface area (Å²) in [6, 6.07) is 3.99. The first kappa shape index (κ1) is 19.4. The van der Waals surface area contributed by atoms with Crippen molar-refractivity contribution in [1.29, 1.82) is 0 Å². The van der Waals surface area contributed by atoms with Crippen LogP contribution in [0.3, 0.4) is 0 Å². The maximum absolute atomic E-state index is 13.4. The molecule has 1 atom stereocenters. The first-order valence-corrected chi connectivity index (χ1v) is 9.66. The molecule has 0 bridgehead atoms. The zero-order valence-electron chi connectivity index (χ0n) is 16.2. The van der Waals surface area contributed by atoms with Crippen LogP contribution in [0.2, 0.25) is 5.02 Å². The molecule has 9 heteroatoms. The molecule has 0 fully saturated rings. The molecule has 152 valence electrons. The Kier molecular flexibility index (Phi) is 4.61. The number of carbonyl (C=O) groups is 1. The summed E-state index contributed by atoms with van der Waals surface area (Å²) in [6.07, 6.45) is 1.47. The number of benzene rings is 1. The van der Waals surface area contributed by atoms with Crippen LogP contribution in [0.4, 0.5) is 4.39 Å². The number of halogens is 2. The molecule has 29 heavy (non-hydrogen) atoms. The molecular formula is C20H20ClFN4O3. The van der Waals surface area contributed by atoms with Gasteiger partial charge in [-0.05, 0) is 38.5 Å². The van der Waals surface area contributed by atoms with Gasteiger partial charge in [-0.15, -0.1) is 0 Å². The van der Waals surface area contributed by atoms with Gasteiger partial charge in [0.2, 0.25) is 0 Å². The van der Waals surface area contributed by atoms with E-state index in [-0.39, 0.29) is 46.4 Å². The summed E-state index contributed by atoms with van der Waals surface area (Å²) in [7, 11) is 0. The quantitative estimate of drug-likeness (QED) is 0.708. The van der Waals surface area contributed by atoms with Gasteiger partial charge in [-0.2, -0.15) is 5.10 Å². The molecule has 0 saturated carbocycles. The van der Waals surface area contributed by atoms with Crippen LogP contribution >= 0.6 is 11.6 Å². The second-order valence-corrected chi connectivity index (χ2v) is 7.99. The van der Waals surface area contributed by atoms with Crippen LogP contribution in [0.1, 0.15) is 42.9 Å². The van der Waals surface area contributed by atoms with Crippen molar-refractivity contribution < 1.29 is 14.3 Å². The zero-order chi connectivity index (χ0) is 21.0. The molecule has 1 aliphatic heterocycles.